The summed E-state index contributed by atoms with van der Waals surface area (Å²) in [5.41, 5.74) is 2.55. The predicted octanol–water partition coefficient (Wildman–Crippen LogP) is 6.11. The molecule has 10 heteroatoms. The largest absolute Gasteiger partial charge is 0.316 e. The molecule has 1 aliphatic carbocycles. The van der Waals surface area contributed by atoms with Crippen LogP contribution in [0.25, 0.3) is 11.4 Å². The monoisotopic (exact) mass is 505 g/mol. The lowest BCUT2D eigenvalue weighted by atomic mass is 9.97. The molecule has 0 radical (unpaired) electrons. The van der Waals surface area contributed by atoms with Gasteiger partial charge in [0.25, 0.3) is 0 Å². The van der Waals surface area contributed by atoms with Crippen LogP contribution in [-0.2, 0) is 24.7 Å². The number of fused-ring (bicyclic) bond motifs is 1. The van der Waals surface area contributed by atoms with Gasteiger partial charge in [-0.25, -0.2) is 0 Å². The smallest absolute Gasteiger partial charge is 0.235 e. The molecule has 0 atom stereocenters. The second kappa shape index (κ2) is 10.3. The fourth-order valence-corrected chi connectivity index (χ4v) is 6.01. The van der Waals surface area contributed by atoms with E-state index in [-0.39, 0.29) is 11.7 Å². The van der Waals surface area contributed by atoms with Gasteiger partial charge >= 0.3 is 0 Å². The Kier molecular flexibility index (Phi) is 7.41. The SMILES string of the molecule is Cn1c(SCC(=O)Nc2sc3c(c2C#N)CCCCCC3)nnc1-c1ccc(Cl)c(Cl)c1. The highest BCUT2D eigenvalue weighted by molar-refractivity contribution is 7.99. The molecular formula is C22H21Cl2N5OS2. The number of anilines is 1. The van der Waals surface area contributed by atoms with Gasteiger partial charge in [-0.15, -0.1) is 21.5 Å². The lowest BCUT2D eigenvalue weighted by molar-refractivity contribution is -0.113. The Hall–Kier alpha value is -2.05. The van der Waals surface area contributed by atoms with Gasteiger partial charge in [0.05, 0.1) is 21.4 Å². The van der Waals surface area contributed by atoms with Crippen molar-refractivity contribution in [3.8, 4) is 17.5 Å². The van der Waals surface area contributed by atoms with Crippen LogP contribution in [-0.4, -0.2) is 26.4 Å². The summed E-state index contributed by atoms with van der Waals surface area (Å²) in [5.74, 6) is 0.636. The number of hydrogen-bond acceptors (Lipinski definition) is 6. The number of nitrogens with zero attached hydrogens (tertiary/aromatic N) is 4. The van der Waals surface area contributed by atoms with Crippen LogP contribution in [0.3, 0.4) is 0 Å². The number of rotatable bonds is 5. The van der Waals surface area contributed by atoms with Crippen molar-refractivity contribution >= 4 is 57.2 Å². The molecule has 0 spiro atoms. The predicted molar refractivity (Wildman–Crippen MR) is 131 cm³/mol. The van der Waals surface area contributed by atoms with Gasteiger partial charge < -0.3 is 9.88 Å². The van der Waals surface area contributed by atoms with Crippen LogP contribution in [0.15, 0.2) is 23.4 Å². The van der Waals surface area contributed by atoms with Gasteiger partial charge in [0, 0.05) is 17.5 Å². The van der Waals surface area contributed by atoms with Crippen molar-refractivity contribution in [3.05, 3.63) is 44.2 Å². The van der Waals surface area contributed by atoms with Gasteiger partial charge in [0.2, 0.25) is 5.91 Å². The zero-order valence-electron chi connectivity index (χ0n) is 17.5. The fraction of sp³-hybridized carbons (Fsp3) is 0.364. The number of aromatic nitrogens is 3. The first kappa shape index (κ1) is 23.1. The van der Waals surface area contributed by atoms with Crippen molar-refractivity contribution in [2.45, 2.75) is 43.7 Å². The number of amides is 1. The molecule has 0 saturated heterocycles. The molecule has 166 valence electrons. The van der Waals surface area contributed by atoms with Gasteiger partial charge in [-0.2, -0.15) is 5.26 Å². The average molecular weight is 506 g/mol. The highest BCUT2D eigenvalue weighted by Gasteiger charge is 2.21. The molecule has 0 aliphatic heterocycles. The summed E-state index contributed by atoms with van der Waals surface area (Å²) < 4.78 is 1.81. The van der Waals surface area contributed by atoms with Gasteiger partial charge in [0.15, 0.2) is 11.0 Å². The van der Waals surface area contributed by atoms with Crippen LogP contribution in [0.5, 0.6) is 0 Å². The fourth-order valence-electron chi connectivity index (χ4n) is 3.75. The zero-order valence-corrected chi connectivity index (χ0v) is 20.6. The molecule has 1 N–H and O–H groups in total. The Morgan fingerprint density at radius 2 is 2.00 bits per heavy atom. The summed E-state index contributed by atoms with van der Waals surface area (Å²) in [6.07, 6.45) is 6.54. The summed E-state index contributed by atoms with van der Waals surface area (Å²) >= 11 is 14.9. The number of nitrogens with one attached hydrogen (secondary N) is 1. The minimum atomic E-state index is -0.167. The number of benzene rings is 1. The molecule has 4 rings (SSSR count). The van der Waals surface area contributed by atoms with Crippen molar-refractivity contribution in [2.75, 3.05) is 11.1 Å². The molecule has 0 unspecified atom stereocenters. The van der Waals surface area contributed by atoms with Crippen LogP contribution in [0, 0.1) is 11.3 Å². The topological polar surface area (TPSA) is 83.6 Å². The van der Waals surface area contributed by atoms with E-state index in [0.29, 0.717) is 31.6 Å². The third kappa shape index (κ3) is 4.96. The molecule has 1 aromatic carbocycles. The highest BCUT2D eigenvalue weighted by Crippen LogP contribution is 2.37. The van der Waals surface area contributed by atoms with Gasteiger partial charge in [-0.05, 0) is 49.4 Å². The van der Waals surface area contributed by atoms with Gasteiger partial charge in [-0.3, -0.25) is 4.79 Å². The quantitative estimate of drug-likeness (QED) is 0.422. The van der Waals surface area contributed by atoms with E-state index in [1.54, 1.807) is 23.5 Å². The number of hydrogen-bond donors (Lipinski definition) is 1. The minimum Gasteiger partial charge on any atom is -0.316 e. The van der Waals surface area contributed by atoms with Gasteiger partial charge in [-0.1, -0.05) is 47.8 Å². The number of thioether (sulfide) groups is 1. The first-order valence-corrected chi connectivity index (χ1v) is 12.9. The average Bonchev–Trinajstić information content (AvgIpc) is 3.27. The number of thiophene rings is 1. The standard InChI is InChI=1S/C22H21Cl2N5OS2/c1-29-20(13-8-9-16(23)17(24)10-13)27-28-22(29)31-12-19(30)26-21-15(11-25)14-6-4-2-3-5-7-18(14)32-21/h8-10H,2-7,12H2,1H3,(H,26,30). The van der Waals surface area contributed by atoms with E-state index >= 15 is 0 Å². The van der Waals surface area contributed by atoms with Crippen LogP contribution in [0.1, 0.15) is 41.7 Å². The summed E-state index contributed by atoms with van der Waals surface area (Å²) in [6.45, 7) is 0. The van der Waals surface area contributed by atoms with E-state index in [9.17, 15) is 10.1 Å². The Bertz CT molecular complexity index is 1200. The molecule has 1 aliphatic rings. The van der Waals surface area contributed by atoms with Crippen LogP contribution in [0.4, 0.5) is 5.00 Å². The first-order chi connectivity index (χ1) is 15.5. The second-order valence-electron chi connectivity index (χ2n) is 7.56. The van der Waals surface area contributed by atoms with E-state index < -0.39 is 0 Å². The Balaban J connectivity index is 1.44. The van der Waals surface area contributed by atoms with Crippen molar-refractivity contribution in [3.63, 3.8) is 0 Å². The van der Waals surface area contributed by atoms with E-state index in [1.165, 1.54) is 29.5 Å². The first-order valence-electron chi connectivity index (χ1n) is 10.3. The number of nitriles is 1. The molecule has 0 bridgehead atoms. The van der Waals surface area contributed by atoms with E-state index in [0.717, 1.165) is 36.8 Å². The third-order valence-corrected chi connectivity index (χ3v) is 8.35. The van der Waals surface area contributed by atoms with Crippen molar-refractivity contribution < 1.29 is 4.79 Å². The zero-order chi connectivity index (χ0) is 22.7. The van der Waals surface area contributed by atoms with E-state index in [4.69, 9.17) is 23.2 Å². The minimum absolute atomic E-state index is 0.167. The molecule has 2 aromatic heterocycles. The number of halogens is 2. The van der Waals surface area contributed by atoms with Crippen LogP contribution < -0.4 is 5.32 Å². The normalized spacial score (nSPS) is 13.7. The molecule has 6 nitrogen and oxygen atoms in total. The Labute approximate surface area is 204 Å². The maximum Gasteiger partial charge on any atom is 0.235 e. The van der Waals surface area contributed by atoms with Crippen molar-refractivity contribution in [2.24, 2.45) is 7.05 Å². The molecule has 32 heavy (non-hydrogen) atoms. The highest BCUT2D eigenvalue weighted by atomic mass is 35.5. The third-order valence-electron chi connectivity index (χ3n) is 5.38. The van der Waals surface area contributed by atoms with Crippen molar-refractivity contribution in [1.29, 1.82) is 5.26 Å². The molecule has 2 heterocycles. The number of carbonyl (C=O) groups is 1. The summed E-state index contributed by atoms with van der Waals surface area (Å²) in [4.78, 5) is 13.9. The maximum absolute atomic E-state index is 12.6. The second-order valence-corrected chi connectivity index (χ2v) is 10.4. The Morgan fingerprint density at radius 3 is 2.75 bits per heavy atom. The maximum atomic E-state index is 12.6. The summed E-state index contributed by atoms with van der Waals surface area (Å²) in [5, 5.41) is 23.3. The molecule has 1 amide bonds. The van der Waals surface area contributed by atoms with E-state index in [2.05, 4.69) is 21.6 Å². The van der Waals surface area contributed by atoms with Crippen LogP contribution in [0.2, 0.25) is 10.0 Å². The summed E-state index contributed by atoms with van der Waals surface area (Å²) in [7, 11) is 1.84. The summed E-state index contributed by atoms with van der Waals surface area (Å²) in [6, 6.07) is 7.59. The van der Waals surface area contributed by atoms with Gasteiger partial charge in [0.1, 0.15) is 11.1 Å². The number of carbonyl (C=O) groups excluding carboxylic acids is 1. The Morgan fingerprint density at radius 1 is 1.22 bits per heavy atom. The lowest BCUT2D eigenvalue weighted by Crippen LogP contribution is -2.14. The van der Waals surface area contributed by atoms with Crippen LogP contribution >= 0.6 is 46.3 Å². The molecular weight excluding hydrogens is 485 g/mol. The number of aryl methyl sites for hydroxylation is 1. The molecule has 0 saturated carbocycles. The molecule has 0 fully saturated rings. The van der Waals surface area contributed by atoms with Crippen molar-refractivity contribution in [1.82, 2.24) is 14.8 Å². The molecule has 3 aromatic rings. The lowest BCUT2D eigenvalue weighted by Gasteiger charge is -2.08. The van der Waals surface area contributed by atoms with E-state index in [1.807, 2.05) is 17.7 Å².